The summed E-state index contributed by atoms with van der Waals surface area (Å²) in [4.78, 5) is 9.83. The van der Waals surface area contributed by atoms with Crippen LogP contribution in [0.4, 0.5) is 0 Å². The molecule has 1 aromatic carbocycles. The number of aromatic nitrogens is 2. The van der Waals surface area contributed by atoms with E-state index in [1.807, 2.05) is 37.3 Å². The quantitative estimate of drug-likeness (QED) is 0.874. The van der Waals surface area contributed by atoms with E-state index in [1.54, 1.807) is 11.8 Å². The molecule has 2 N–H and O–H groups in total. The fourth-order valence-corrected chi connectivity index (χ4v) is 2.67. The Balaban J connectivity index is 2.11. The third-order valence-electron chi connectivity index (χ3n) is 2.36. The molecule has 2 rings (SSSR count). The van der Waals surface area contributed by atoms with Crippen LogP contribution >= 0.6 is 23.4 Å². The van der Waals surface area contributed by atoms with Crippen LogP contribution < -0.4 is 5.73 Å². The lowest BCUT2D eigenvalue weighted by atomic mass is 10.3. The highest BCUT2D eigenvalue weighted by molar-refractivity contribution is 7.98. The maximum Gasteiger partial charge on any atom is 0.139 e. The maximum atomic E-state index is 6.10. The van der Waals surface area contributed by atoms with Crippen LogP contribution in [-0.4, -0.2) is 9.97 Å². The summed E-state index contributed by atoms with van der Waals surface area (Å²) in [7, 11) is 0. The van der Waals surface area contributed by atoms with Gasteiger partial charge in [-0.25, -0.2) is 9.97 Å². The first-order valence-corrected chi connectivity index (χ1v) is 6.96. The lowest BCUT2D eigenvalue weighted by molar-refractivity contribution is 0.900. The Hall–Kier alpha value is -1.10. The number of hydrogen-bond acceptors (Lipinski definition) is 4. The van der Waals surface area contributed by atoms with E-state index in [4.69, 9.17) is 17.3 Å². The van der Waals surface area contributed by atoms with Gasteiger partial charge < -0.3 is 5.73 Å². The third-order valence-corrected chi connectivity index (χ3v) is 3.87. The zero-order valence-corrected chi connectivity index (χ0v) is 11.6. The fourth-order valence-electron chi connectivity index (χ4n) is 1.57. The van der Waals surface area contributed by atoms with Crippen LogP contribution in [0.1, 0.15) is 17.2 Å². The molecule has 1 aromatic heterocycles. The number of benzene rings is 1. The molecule has 2 aromatic rings. The van der Waals surface area contributed by atoms with E-state index in [9.17, 15) is 0 Å². The Kier molecular flexibility index (Phi) is 4.58. The molecule has 5 heteroatoms. The normalized spacial score (nSPS) is 10.6. The van der Waals surface area contributed by atoms with Gasteiger partial charge in [0.25, 0.3) is 0 Å². The molecule has 0 unspecified atom stereocenters. The van der Waals surface area contributed by atoms with E-state index in [-0.39, 0.29) is 0 Å². The van der Waals surface area contributed by atoms with E-state index in [0.717, 1.165) is 27.1 Å². The highest BCUT2D eigenvalue weighted by atomic mass is 35.5. The van der Waals surface area contributed by atoms with Gasteiger partial charge in [-0.1, -0.05) is 23.7 Å². The SMILES string of the molecule is Cc1cc(CN)nc(CSc2ccccc2Cl)n1. The van der Waals surface area contributed by atoms with Gasteiger partial charge >= 0.3 is 0 Å². The highest BCUT2D eigenvalue weighted by Gasteiger charge is 2.04. The molecule has 0 aliphatic heterocycles. The van der Waals surface area contributed by atoms with Crippen molar-refractivity contribution in [1.29, 1.82) is 0 Å². The minimum atomic E-state index is 0.438. The molecule has 18 heavy (non-hydrogen) atoms. The number of rotatable bonds is 4. The Morgan fingerprint density at radius 1 is 1.28 bits per heavy atom. The van der Waals surface area contributed by atoms with Crippen molar-refractivity contribution >= 4 is 23.4 Å². The smallest absolute Gasteiger partial charge is 0.139 e. The topological polar surface area (TPSA) is 51.8 Å². The average molecular weight is 280 g/mol. The average Bonchev–Trinajstić information content (AvgIpc) is 2.37. The highest BCUT2D eigenvalue weighted by Crippen LogP contribution is 2.28. The molecule has 0 saturated heterocycles. The zero-order valence-electron chi connectivity index (χ0n) is 10.1. The first-order chi connectivity index (χ1) is 8.69. The minimum absolute atomic E-state index is 0.438. The molecule has 1 heterocycles. The monoisotopic (exact) mass is 279 g/mol. The minimum Gasteiger partial charge on any atom is -0.325 e. The van der Waals surface area contributed by atoms with Gasteiger partial charge in [-0.15, -0.1) is 11.8 Å². The predicted octanol–water partition coefficient (Wildman–Crippen LogP) is 3.19. The number of halogens is 1. The first kappa shape index (κ1) is 13.3. The Labute approximate surface area is 116 Å². The van der Waals surface area contributed by atoms with Crippen LogP contribution in [0.25, 0.3) is 0 Å². The maximum absolute atomic E-state index is 6.10. The molecule has 0 bridgehead atoms. The van der Waals surface area contributed by atoms with E-state index < -0.39 is 0 Å². The van der Waals surface area contributed by atoms with Crippen molar-refractivity contribution < 1.29 is 0 Å². The Bertz CT molecular complexity index is 546. The Morgan fingerprint density at radius 3 is 2.78 bits per heavy atom. The number of thioether (sulfide) groups is 1. The predicted molar refractivity (Wildman–Crippen MR) is 75.7 cm³/mol. The van der Waals surface area contributed by atoms with Crippen LogP contribution in [0, 0.1) is 6.92 Å². The zero-order chi connectivity index (χ0) is 13.0. The van der Waals surface area contributed by atoms with E-state index >= 15 is 0 Å². The van der Waals surface area contributed by atoms with Crippen LogP contribution in [0.15, 0.2) is 35.2 Å². The van der Waals surface area contributed by atoms with Gasteiger partial charge in [0.2, 0.25) is 0 Å². The van der Waals surface area contributed by atoms with Gasteiger partial charge in [0, 0.05) is 17.1 Å². The number of nitrogens with zero attached hydrogens (tertiary/aromatic N) is 2. The van der Waals surface area contributed by atoms with Crippen LogP contribution in [0.2, 0.25) is 5.02 Å². The van der Waals surface area contributed by atoms with Gasteiger partial charge in [0.1, 0.15) is 5.82 Å². The molecular formula is C13H14ClN3S. The van der Waals surface area contributed by atoms with Crippen molar-refractivity contribution in [3.63, 3.8) is 0 Å². The molecule has 0 aliphatic rings. The number of hydrogen-bond donors (Lipinski definition) is 1. The summed E-state index contributed by atoms with van der Waals surface area (Å²) < 4.78 is 0. The lowest BCUT2D eigenvalue weighted by Crippen LogP contribution is -2.05. The lowest BCUT2D eigenvalue weighted by Gasteiger charge is -2.05. The summed E-state index contributed by atoms with van der Waals surface area (Å²) in [5, 5.41) is 0.759. The molecule has 0 radical (unpaired) electrons. The summed E-state index contributed by atoms with van der Waals surface area (Å²) in [5.74, 6) is 1.48. The van der Waals surface area contributed by atoms with Gasteiger partial charge in [-0.3, -0.25) is 0 Å². The van der Waals surface area contributed by atoms with Crippen LogP contribution in [0.3, 0.4) is 0 Å². The van der Waals surface area contributed by atoms with E-state index in [2.05, 4.69) is 9.97 Å². The van der Waals surface area contributed by atoms with Crippen molar-refractivity contribution in [2.75, 3.05) is 0 Å². The largest absolute Gasteiger partial charge is 0.325 e. The summed E-state index contributed by atoms with van der Waals surface area (Å²) >= 11 is 7.73. The van der Waals surface area contributed by atoms with E-state index in [1.165, 1.54) is 0 Å². The molecule has 94 valence electrons. The number of nitrogens with two attached hydrogens (primary N) is 1. The molecule has 0 spiro atoms. The van der Waals surface area contributed by atoms with Crippen molar-refractivity contribution in [2.24, 2.45) is 5.73 Å². The van der Waals surface area contributed by atoms with Crippen LogP contribution in [0.5, 0.6) is 0 Å². The van der Waals surface area contributed by atoms with Gasteiger partial charge in [-0.05, 0) is 25.1 Å². The van der Waals surface area contributed by atoms with Gasteiger partial charge in [0.15, 0.2) is 0 Å². The molecule has 0 amide bonds. The summed E-state index contributed by atoms with van der Waals surface area (Å²) in [6.07, 6.45) is 0. The molecule has 0 saturated carbocycles. The molecule has 0 aliphatic carbocycles. The second kappa shape index (κ2) is 6.18. The van der Waals surface area contributed by atoms with Gasteiger partial charge in [0.05, 0.1) is 16.5 Å². The molecule has 0 atom stereocenters. The van der Waals surface area contributed by atoms with Crippen molar-refractivity contribution in [1.82, 2.24) is 9.97 Å². The van der Waals surface area contributed by atoms with Crippen molar-refractivity contribution in [2.45, 2.75) is 24.1 Å². The second-order valence-corrected chi connectivity index (χ2v) is 5.26. The number of aryl methyl sites for hydroxylation is 1. The van der Waals surface area contributed by atoms with Crippen molar-refractivity contribution in [3.8, 4) is 0 Å². The third kappa shape index (κ3) is 3.45. The first-order valence-electron chi connectivity index (χ1n) is 5.60. The van der Waals surface area contributed by atoms with E-state index in [0.29, 0.717) is 12.3 Å². The summed E-state index contributed by atoms with van der Waals surface area (Å²) in [5.41, 5.74) is 7.42. The fraction of sp³-hybridized carbons (Fsp3) is 0.231. The van der Waals surface area contributed by atoms with Crippen molar-refractivity contribution in [3.05, 3.63) is 52.6 Å². The standard InChI is InChI=1S/C13H14ClN3S/c1-9-6-10(7-15)17-13(16-9)8-18-12-5-3-2-4-11(12)14/h2-6H,7-8,15H2,1H3. The van der Waals surface area contributed by atoms with Gasteiger partial charge in [-0.2, -0.15) is 0 Å². The molecule has 3 nitrogen and oxygen atoms in total. The Morgan fingerprint density at radius 2 is 2.06 bits per heavy atom. The second-order valence-electron chi connectivity index (χ2n) is 3.84. The molecule has 0 fully saturated rings. The van der Waals surface area contributed by atoms with Crippen LogP contribution in [-0.2, 0) is 12.3 Å². The summed E-state index contributed by atoms with van der Waals surface area (Å²) in [6, 6.07) is 9.67. The molecular weight excluding hydrogens is 266 g/mol. The summed E-state index contributed by atoms with van der Waals surface area (Å²) in [6.45, 7) is 2.39.